The fraction of sp³-hybridized carbons (Fsp3) is 0. The highest BCUT2D eigenvalue weighted by molar-refractivity contribution is 7.80. The molecule has 30 heavy (non-hydrogen) atoms. The molecule has 1 nitrogen and oxygen atoms in total. The first-order valence-electron chi connectivity index (χ1n) is 10.0. The largest absolute Gasteiger partial charge is 0.507 e. The average molecular weight is 404 g/mol. The van der Waals surface area contributed by atoms with Crippen molar-refractivity contribution in [2.75, 3.05) is 0 Å². The van der Waals surface area contributed by atoms with Crippen LogP contribution in [0.3, 0.4) is 0 Å². The maximum atomic E-state index is 11.6. The molecule has 0 saturated carbocycles. The van der Waals surface area contributed by atoms with Crippen LogP contribution in [-0.4, -0.2) is 5.11 Å². The van der Waals surface area contributed by atoms with E-state index in [9.17, 15) is 5.11 Å². The van der Waals surface area contributed by atoms with E-state index in [1.807, 2.05) is 30.3 Å². The van der Waals surface area contributed by atoms with Gasteiger partial charge in [-0.15, -0.1) is 0 Å². The molecule has 0 aliphatic rings. The monoisotopic (exact) mass is 404 g/mol. The molecule has 0 bridgehead atoms. The molecule has 0 unspecified atom stereocenters. The lowest BCUT2D eigenvalue weighted by Gasteiger charge is -2.22. The number of fused-ring (bicyclic) bond motifs is 1. The highest BCUT2D eigenvalue weighted by Crippen LogP contribution is 2.41. The van der Waals surface area contributed by atoms with E-state index in [0.29, 0.717) is 5.75 Å². The summed E-state index contributed by atoms with van der Waals surface area (Å²) in [6, 6.07) is 41.7. The van der Waals surface area contributed by atoms with E-state index >= 15 is 0 Å². The van der Waals surface area contributed by atoms with E-state index < -0.39 is 7.92 Å². The van der Waals surface area contributed by atoms with Gasteiger partial charge in [0.15, 0.2) is 0 Å². The summed E-state index contributed by atoms with van der Waals surface area (Å²) in [5.41, 5.74) is 2.17. The molecular formula is C28H21OP. The summed E-state index contributed by atoms with van der Waals surface area (Å²) in [5, 5.41) is 17.0. The fourth-order valence-electron chi connectivity index (χ4n) is 3.97. The van der Waals surface area contributed by atoms with Gasteiger partial charge in [-0.25, -0.2) is 0 Å². The summed E-state index contributed by atoms with van der Waals surface area (Å²) in [6.07, 6.45) is 0. The molecule has 0 aliphatic carbocycles. The summed E-state index contributed by atoms with van der Waals surface area (Å²) in [4.78, 5) is 0. The highest BCUT2D eigenvalue weighted by atomic mass is 31.1. The molecule has 0 saturated heterocycles. The Balaban J connectivity index is 1.78. The molecule has 5 aromatic carbocycles. The average Bonchev–Trinajstić information content (AvgIpc) is 2.82. The van der Waals surface area contributed by atoms with Crippen molar-refractivity contribution < 1.29 is 5.11 Å². The smallest absolute Gasteiger partial charge is 0.132 e. The first kappa shape index (κ1) is 18.6. The number of phenolic OH excluding ortho intramolecular Hbond substituents is 1. The molecule has 0 fully saturated rings. The zero-order valence-corrected chi connectivity index (χ0v) is 17.3. The second kappa shape index (κ2) is 8.14. The predicted octanol–water partition coefficient (Wildman–Crippen LogP) is 5.97. The van der Waals surface area contributed by atoms with Crippen molar-refractivity contribution in [3.05, 3.63) is 121 Å². The van der Waals surface area contributed by atoms with Crippen molar-refractivity contribution in [2.45, 2.75) is 0 Å². The van der Waals surface area contributed by atoms with E-state index in [1.54, 1.807) is 0 Å². The molecule has 5 aromatic rings. The molecule has 0 spiro atoms. The van der Waals surface area contributed by atoms with Crippen LogP contribution in [-0.2, 0) is 0 Å². The van der Waals surface area contributed by atoms with Crippen molar-refractivity contribution in [1.82, 2.24) is 0 Å². The van der Waals surface area contributed by atoms with Crippen LogP contribution in [0.15, 0.2) is 121 Å². The van der Waals surface area contributed by atoms with Gasteiger partial charge in [0.05, 0.1) is 0 Å². The van der Waals surface area contributed by atoms with Crippen molar-refractivity contribution in [1.29, 1.82) is 0 Å². The Morgan fingerprint density at radius 1 is 0.500 bits per heavy atom. The molecule has 144 valence electrons. The third-order valence-corrected chi connectivity index (χ3v) is 7.82. The van der Waals surface area contributed by atoms with Gasteiger partial charge in [0.25, 0.3) is 0 Å². The Hall–Kier alpha value is -3.41. The Kier molecular flexibility index (Phi) is 5.05. The highest BCUT2D eigenvalue weighted by Gasteiger charge is 2.22. The number of hydrogen-bond donors (Lipinski definition) is 1. The fourth-order valence-corrected chi connectivity index (χ4v) is 6.31. The van der Waals surface area contributed by atoms with Gasteiger partial charge in [-0.2, -0.15) is 0 Å². The van der Waals surface area contributed by atoms with E-state index in [2.05, 4.69) is 91.0 Å². The quantitative estimate of drug-likeness (QED) is 0.366. The van der Waals surface area contributed by atoms with Crippen molar-refractivity contribution in [2.24, 2.45) is 0 Å². The zero-order valence-electron chi connectivity index (χ0n) is 16.4. The lowest BCUT2D eigenvalue weighted by molar-refractivity contribution is 0.486. The van der Waals surface area contributed by atoms with Gasteiger partial charge in [-0.05, 0) is 41.1 Å². The summed E-state index contributed by atoms with van der Waals surface area (Å²) < 4.78 is 0. The third kappa shape index (κ3) is 3.38. The van der Waals surface area contributed by atoms with E-state index in [4.69, 9.17) is 0 Å². The van der Waals surface area contributed by atoms with E-state index in [1.165, 1.54) is 10.6 Å². The molecule has 1 N–H and O–H groups in total. The molecular weight excluding hydrogens is 383 g/mol. The van der Waals surface area contributed by atoms with Crippen molar-refractivity contribution in [3.8, 4) is 16.9 Å². The van der Waals surface area contributed by atoms with Gasteiger partial charge in [-0.3, -0.25) is 0 Å². The summed E-state index contributed by atoms with van der Waals surface area (Å²) in [6.45, 7) is 0. The van der Waals surface area contributed by atoms with Crippen LogP contribution in [0.1, 0.15) is 0 Å². The molecule has 0 radical (unpaired) electrons. The van der Waals surface area contributed by atoms with Crippen molar-refractivity contribution in [3.63, 3.8) is 0 Å². The second-order valence-electron chi connectivity index (χ2n) is 7.21. The minimum atomic E-state index is -0.871. The Morgan fingerprint density at radius 2 is 1.07 bits per heavy atom. The van der Waals surface area contributed by atoms with Gasteiger partial charge >= 0.3 is 0 Å². The van der Waals surface area contributed by atoms with Gasteiger partial charge in [0, 0.05) is 10.7 Å². The molecule has 0 amide bonds. The number of rotatable bonds is 4. The van der Waals surface area contributed by atoms with Crippen LogP contribution >= 0.6 is 7.92 Å². The minimum absolute atomic E-state index is 0.380. The number of phenols is 1. The number of aromatic hydroxyl groups is 1. The number of hydrogen-bond acceptors (Lipinski definition) is 1. The minimum Gasteiger partial charge on any atom is -0.507 e. The standard InChI is InChI=1S/C28H21OP/c29-28-26(30(23-14-6-2-7-15-23)24-16-8-3-9-17-24)20-19-22-13-10-18-25(27(22)28)21-11-4-1-5-12-21/h1-20,29H. The van der Waals surface area contributed by atoms with Crippen LogP contribution in [0.2, 0.25) is 0 Å². The number of benzene rings is 5. The van der Waals surface area contributed by atoms with Gasteiger partial charge < -0.3 is 5.11 Å². The topological polar surface area (TPSA) is 20.2 Å². The van der Waals surface area contributed by atoms with Gasteiger partial charge in [0.2, 0.25) is 0 Å². The normalized spacial score (nSPS) is 11.1. The maximum absolute atomic E-state index is 11.6. The first-order chi connectivity index (χ1) is 14.8. The Morgan fingerprint density at radius 3 is 1.67 bits per heavy atom. The molecule has 0 heterocycles. The third-order valence-electron chi connectivity index (χ3n) is 5.35. The summed E-state index contributed by atoms with van der Waals surface area (Å²) in [5.74, 6) is 0.380. The molecule has 0 atom stereocenters. The SMILES string of the molecule is Oc1c(P(c2ccccc2)c2ccccc2)ccc2cccc(-c3ccccc3)c12. The second-order valence-corrected chi connectivity index (χ2v) is 9.39. The molecule has 0 aliphatic heterocycles. The lowest BCUT2D eigenvalue weighted by atomic mass is 9.98. The van der Waals surface area contributed by atoms with E-state index in [0.717, 1.165) is 27.2 Å². The molecule has 2 heteroatoms. The Labute approximate surface area is 178 Å². The van der Waals surface area contributed by atoms with Crippen molar-refractivity contribution >= 4 is 34.6 Å². The van der Waals surface area contributed by atoms with Crippen LogP contribution in [0, 0.1) is 0 Å². The van der Waals surface area contributed by atoms with Crippen LogP contribution in [0.5, 0.6) is 5.75 Å². The zero-order chi connectivity index (χ0) is 20.3. The van der Waals surface area contributed by atoms with Gasteiger partial charge in [0.1, 0.15) is 5.75 Å². The molecule has 5 rings (SSSR count). The lowest BCUT2D eigenvalue weighted by Crippen LogP contribution is -2.20. The van der Waals surface area contributed by atoms with Crippen LogP contribution in [0.4, 0.5) is 0 Å². The van der Waals surface area contributed by atoms with Crippen LogP contribution in [0.25, 0.3) is 21.9 Å². The summed E-state index contributed by atoms with van der Waals surface area (Å²) >= 11 is 0. The maximum Gasteiger partial charge on any atom is 0.132 e. The first-order valence-corrected chi connectivity index (χ1v) is 11.4. The van der Waals surface area contributed by atoms with Gasteiger partial charge in [-0.1, -0.05) is 115 Å². The molecule has 0 aromatic heterocycles. The predicted molar refractivity (Wildman–Crippen MR) is 130 cm³/mol. The summed E-state index contributed by atoms with van der Waals surface area (Å²) in [7, 11) is -0.871. The Bertz CT molecular complexity index is 1240. The van der Waals surface area contributed by atoms with E-state index in [-0.39, 0.29) is 0 Å². The van der Waals surface area contributed by atoms with Crippen LogP contribution < -0.4 is 15.9 Å².